The molecule has 0 fully saturated rings. The summed E-state index contributed by atoms with van der Waals surface area (Å²) >= 11 is 0. The van der Waals surface area contributed by atoms with Gasteiger partial charge in [-0.1, -0.05) is 63.9 Å². The van der Waals surface area contributed by atoms with Gasteiger partial charge in [0, 0.05) is 0 Å². The molecule has 0 aromatic heterocycles. The summed E-state index contributed by atoms with van der Waals surface area (Å²) in [5, 5.41) is 28.4. The van der Waals surface area contributed by atoms with Crippen LogP contribution in [0.2, 0.25) is 0 Å². The Hall–Kier alpha value is -2.59. The minimum absolute atomic E-state index is 0. The lowest BCUT2D eigenvalue weighted by Crippen LogP contribution is -2.52. The van der Waals surface area contributed by atoms with E-state index in [2.05, 4.69) is 10.6 Å². The number of carboxylic acid groups (broad SMARTS) is 1. The van der Waals surface area contributed by atoms with Crippen molar-refractivity contribution in [3.05, 3.63) is 35.9 Å². The van der Waals surface area contributed by atoms with E-state index in [0.29, 0.717) is 19.3 Å². The molecule has 0 unspecified atom stereocenters. The molecule has 0 saturated heterocycles. The minimum Gasteiger partial charge on any atom is -0.480 e. The first-order valence-electron chi connectivity index (χ1n) is 9.85. The molecule has 30 heavy (non-hydrogen) atoms. The van der Waals surface area contributed by atoms with Crippen molar-refractivity contribution in [2.75, 3.05) is 0 Å². The average Bonchev–Trinajstić information content (AvgIpc) is 2.69. The Bertz CT molecular complexity index is 629. The second kappa shape index (κ2) is 16.2. The number of aliphatic carboxylic acids is 1. The Kier molecular flexibility index (Phi) is 14.8. The third-order valence-electron chi connectivity index (χ3n) is 3.99. The molecule has 167 valence electrons. The van der Waals surface area contributed by atoms with Gasteiger partial charge in [0.05, 0.1) is 0 Å². The highest BCUT2D eigenvalue weighted by atomic mass is 16.5. The van der Waals surface area contributed by atoms with Gasteiger partial charge in [-0.2, -0.15) is 0 Å². The van der Waals surface area contributed by atoms with Gasteiger partial charge in [0.25, 0.3) is 0 Å². The molecule has 9 nitrogen and oxygen atoms in total. The number of ether oxygens (including phenoxy) is 1. The van der Waals surface area contributed by atoms with Gasteiger partial charge in [0.15, 0.2) is 0 Å². The summed E-state index contributed by atoms with van der Waals surface area (Å²) in [7, 11) is 0. The van der Waals surface area contributed by atoms with Gasteiger partial charge in [-0.25, -0.2) is 9.59 Å². The van der Waals surface area contributed by atoms with Crippen molar-refractivity contribution in [3.63, 3.8) is 0 Å². The van der Waals surface area contributed by atoms with Crippen LogP contribution in [0.4, 0.5) is 4.79 Å². The lowest BCUT2D eigenvalue weighted by atomic mass is 10.0. The Morgan fingerprint density at radius 3 is 2.17 bits per heavy atom. The molecule has 2 atom stereocenters. The standard InChI is InChI=1S/C20H30N2O5.BH2O2/c1-4-5-11-16(19(24)25)21-18(23)17(12-14(2)3)22-20(26)27-13-15-9-7-6-8-10-15;2-1-3/h6-10,14,16-17H,4-5,11-13H2,1-3H3,(H,21,23)(H,22,26)(H,24,25);2-3H/t16-,17-;/m0./s1. The summed E-state index contributed by atoms with van der Waals surface area (Å²) in [6.45, 7) is 5.88. The quantitative estimate of drug-likeness (QED) is 0.340. The van der Waals surface area contributed by atoms with E-state index in [1.54, 1.807) is 0 Å². The first kappa shape index (κ1) is 27.4. The van der Waals surface area contributed by atoms with E-state index in [0.717, 1.165) is 12.0 Å². The second-order valence-corrected chi connectivity index (χ2v) is 7.05. The molecule has 1 radical (unpaired) electrons. The van der Waals surface area contributed by atoms with Crippen LogP contribution < -0.4 is 10.6 Å². The molecule has 0 aliphatic heterocycles. The molecular formula is C20H32BN2O7. The summed E-state index contributed by atoms with van der Waals surface area (Å²) in [5.41, 5.74) is 0.836. The van der Waals surface area contributed by atoms with Crippen LogP contribution in [-0.2, 0) is 20.9 Å². The number of nitrogens with one attached hydrogen (secondary N) is 2. The van der Waals surface area contributed by atoms with E-state index < -0.39 is 30.1 Å². The van der Waals surface area contributed by atoms with Crippen molar-refractivity contribution in [1.82, 2.24) is 10.6 Å². The van der Waals surface area contributed by atoms with Crippen LogP contribution in [0.25, 0.3) is 0 Å². The molecule has 0 heterocycles. The van der Waals surface area contributed by atoms with E-state index in [9.17, 15) is 19.5 Å². The van der Waals surface area contributed by atoms with Crippen molar-refractivity contribution >= 4 is 25.7 Å². The molecule has 2 amide bonds. The fourth-order valence-corrected chi connectivity index (χ4v) is 2.55. The summed E-state index contributed by atoms with van der Waals surface area (Å²) in [4.78, 5) is 35.9. The van der Waals surface area contributed by atoms with Crippen LogP contribution >= 0.6 is 0 Å². The third-order valence-corrected chi connectivity index (χ3v) is 3.99. The van der Waals surface area contributed by atoms with Crippen molar-refractivity contribution < 1.29 is 34.3 Å². The van der Waals surface area contributed by atoms with Crippen molar-refractivity contribution in [2.24, 2.45) is 5.92 Å². The molecule has 0 spiro atoms. The number of carbonyl (C=O) groups is 3. The molecule has 1 aromatic carbocycles. The maximum atomic E-state index is 12.5. The highest BCUT2D eigenvalue weighted by Crippen LogP contribution is 2.08. The Morgan fingerprint density at radius 1 is 1.07 bits per heavy atom. The van der Waals surface area contributed by atoms with Crippen LogP contribution in [0.15, 0.2) is 30.3 Å². The Labute approximate surface area is 178 Å². The first-order chi connectivity index (χ1) is 14.2. The van der Waals surface area contributed by atoms with Gasteiger partial charge in [-0.05, 0) is 24.3 Å². The number of unbranched alkanes of at least 4 members (excludes halogenated alkanes) is 1. The van der Waals surface area contributed by atoms with E-state index in [1.807, 2.05) is 51.1 Å². The third kappa shape index (κ3) is 12.8. The zero-order valence-electron chi connectivity index (χ0n) is 17.7. The van der Waals surface area contributed by atoms with E-state index >= 15 is 0 Å². The molecule has 1 aromatic rings. The minimum atomic E-state index is -1.08. The molecule has 0 bridgehead atoms. The topological polar surface area (TPSA) is 145 Å². The predicted molar refractivity (Wildman–Crippen MR) is 112 cm³/mol. The van der Waals surface area contributed by atoms with E-state index in [-0.39, 0.29) is 20.2 Å². The number of carbonyl (C=O) groups excluding carboxylic acids is 2. The fourth-order valence-electron chi connectivity index (χ4n) is 2.55. The number of rotatable bonds is 11. The van der Waals surface area contributed by atoms with Crippen LogP contribution in [0.3, 0.4) is 0 Å². The summed E-state index contributed by atoms with van der Waals surface area (Å²) < 4.78 is 5.16. The molecule has 0 aliphatic rings. The van der Waals surface area contributed by atoms with Gasteiger partial charge in [0.1, 0.15) is 18.7 Å². The number of hydrogen-bond donors (Lipinski definition) is 5. The zero-order chi connectivity index (χ0) is 22.9. The summed E-state index contributed by atoms with van der Waals surface area (Å²) in [5.74, 6) is -1.45. The SMILES string of the molecule is CCCC[C@H](NC(=O)[C@H](CC(C)C)NC(=O)OCc1ccccc1)C(=O)O.O[B]O. The van der Waals surface area contributed by atoms with Crippen molar-refractivity contribution in [3.8, 4) is 0 Å². The van der Waals surface area contributed by atoms with Gasteiger partial charge in [0.2, 0.25) is 5.91 Å². The zero-order valence-corrected chi connectivity index (χ0v) is 17.7. The number of alkyl carbamates (subject to hydrolysis) is 1. The van der Waals surface area contributed by atoms with Crippen molar-refractivity contribution in [1.29, 1.82) is 0 Å². The van der Waals surface area contributed by atoms with Gasteiger partial charge < -0.3 is 30.5 Å². The van der Waals surface area contributed by atoms with Crippen molar-refractivity contribution in [2.45, 2.75) is 65.1 Å². The molecule has 0 saturated carbocycles. The lowest BCUT2D eigenvalue weighted by Gasteiger charge is -2.22. The van der Waals surface area contributed by atoms with Crippen LogP contribution in [0.1, 0.15) is 52.0 Å². The number of carboxylic acids is 1. The maximum absolute atomic E-state index is 12.5. The highest BCUT2D eigenvalue weighted by molar-refractivity contribution is 6.13. The Balaban J connectivity index is 0.00000263. The smallest absolute Gasteiger partial charge is 0.480 e. The lowest BCUT2D eigenvalue weighted by molar-refractivity contribution is -0.142. The largest absolute Gasteiger partial charge is 0.482 e. The van der Waals surface area contributed by atoms with Gasteiger partial charge in [-0.3, -0.25) is 4.79 Å². The Morgan fingerprint density at radius 2 is 1.67 bits per heavy atom. The molecule has 5 N–H and O–H groups in total. The van der Waals surface area contributed by atoms with Gasteiger partial charge in [-0.15, -0.1) is 0 Å². The number of hydrogen-bond acceptors (Lipinski definition) is 6. The normalized spacial score (nSPS) is 12.1. The summed E-state index contributed by atoms with van der Waals surface area (Å²) in [6.07, 6.45) is 1.55. The number of amides is 2. The second-order valence-electron chi connectivity index (χ2n) is 7.05. The van der Waals surface area contributed by atoms with Crippen LogP contribution in [0.5, 0.6) is 0 Å². The average molecular weight is 423 g/mol. The first-order valence-corrected chi connectivity index (χ1v) is 9.85. The fraction of sp³-hybridized carbons (Fsp3) is 0.550. The molecule has 10 heteroatoms. The predicted octanol–water partition coefficient (Wildman–Crippen LogP) is 1.59. The highest BCUT2D eigenvalue weighted by Gasteiger charge is 2.27. The van der Waals surface area contributed by atoms with E-state index in [1.165, 1.54) is 0 Å². The van der Waals surface area contributed by atoms with Gasteiger partial charge >= 0.3 is 19.7 Å². The van der Waals surface area contributed by atoms with Crippen LogP contribution in [0, 0.1) is 5.92 Å². The van der Waals surface area contributed by atoms with E-state index in [4.69, 9.17) is 14.8 Å². The molecule has 0 aliphatic carbocycles. The molecular weight excluding hydrogens is 391 g/mol. The number of benzene rings is 1. The molecule has 1 rings (SSSR count). The maximum Gasteiger partial charge on any atom is 0.482 e. The monoisotopic (exact) mass is 423 g/mol. The van der Waals surface area contributed by atoms with Crippen LogP contribution in [-0.4, -0.2) is 52.9 Å². The summed E-state index contributed by atoms with van der Waals surface area (Å²) in [6, 6.07) is 7.39.